The van der Waals surface area contributed by atoms with Gasteiger partial charge in [0.2, 0.25) is 11.8 Å². The van der Waals surface area contributed by atoms with Crippen molar-refractivity contribution in [3.63, 3.8) is 0 Å². The summed E-state index contributed by atoms with van der Waals surface area (Å²) >= 11 is 12.0. The third-order valence-corrected chi connectivity index (χ3v) is 5.93. The van der Waals surface area contributed by atoms with Crippen molar-refractivity contribution >= 4 is 52.6 Å². The van der Waals surface area contributed by atoms with Gasteiger partial charge < -0.3 is 16.0 Å². The number of benzene rings is 2. The van der Waals surface area contributed by atoms with Gasteiger partial charge in [0.15, 0.2) is 0 Å². The van der Waals surface area contributed by atoms with Crippen LogP contribution in [-0.4, -0.2) is 41.7 Å². The number of para-hydroxylation sites is 1. The molecule has 1 heterocycles. The largest absolute Gasteiger partial charge is 0.345 e. The third kappa shape index (κ3) is 4.87. The number of amides is 5. The Kier molecular flexibility index (Phi) is 7.06. The lowest BCUT2D eigenvalue weighted by Crippen LogP contribution is -2.44. The summed E-state index contributed by atoms with van der Waals surface area (Å²) in [5, 5.41) is 8.30. The van der Waals surface area contributed by atoms with Crippen LogP contribution in [0.5, 0.6) is 0 Å². The molecule has 1 aliphatic heterocycles. The second-order valence-electron chi connectivity index (χ2n) is 7.41. The van der Waals surface area contributed by atoms with Crippen LogP contribution in [0, 0.1) is 0 Å². The molecule has 3 rings (SSSR count). The maximum atomic E-state index is 12.9. The second-order valence-corrected chi connectivity index (χ2v) is 8.23. The van der Waals surface area contributed by atoms with Gasteiger partial charge in [-0.1, -0.05) is 54.4 Å². The summed E-state index contributed by atoms with van der Waals surface area (Å²) in [6, 6.07) is 11.2. The van der Waals surface area contributed by atoms with Crippen molar-refractivity contribution in [2.75, 3.05) is 18.4 Å². The van der Waals surface area contributed by atoms with Gasteiger partial charge in [-0.15, -0.1) is 0 Å². The normalized spacial score (nSPS) is 17.8. The minimum Gasteiger partial charge on any atom is -0.345 e. The fourth-order valence-corrected chi connectivity index (χ4v) is 3.66. The monoisotopic (exact) mass is 476 g/mol. The maximum Gasteiger partial charge on any atom is 0.325 e. The number of aryl methyl sites for hydroxylation is 1. The first-order chi connectivity index (χ1) is 15.2. The summed E-state index contributed by atoms with van der Waals surface area (Å²) < 4.78 is 0. The molecule has 10 heteroatoms. The molecule has 5 amide bonds. The van der Waals surface area contributed by atoms with Crippen molar-refractivity contribution in [3.8, 4) is 0 Å². The summed E-state index contributed by atoms with van der Waals surface area (Å²) in [6.45, 7) is 2.66. The van der Waals surface area contributed by atoms with E-state index in [-0.39, 0.29) is 11.6 Å². The lowest BCUT2D eigenvalue weighted by Gasteiger charge is -2.22. The molecule has 0 radical (unpaired) electrons. The third-order valence-electron chi connectivity index (χ3n) is 5.19. The lowest BCUT2D eigenvalue weighted by molar-refractivity contribution is -0.135. The van der Waals surface area contributed by atoms with E-state index in [0.29, 0.717) is 16.3 Å². The van der Waals surface area contributed by atoms with E-state index in [2.05, 4.69) is 16.0 Å². The maximum absolute atomic E-state index is 12.9. The number of nitrogens with one attached hydrogen (secondary N) is 3. The zero-order chi connectivity index (χ0) is 23.5. The molecule has 2 aromatic carbocycles. The molecule has 1 aliphatic rings. The molecule has 1 fully saturated rings. The van der Waals surface area contributed by atoms with Crippen LogP contribution in [-0.2, 0) is 26.3 Å². The zero-order valence-corrected chi connectivity index (χ0v) is 19.0. The molecule has 0 aliphatic carbocycles. The smallest absolute Gasteiger partial charge is 0.325 e. The second kappa shape index (κ2) is 9.58. The zero-order valence-electron chi connectivity index (χ0n) is 17.5. The van der Waals surface area contributed by atoms with Crippen LogP contribution in [0.3, 0.4) is 0 Å². The van der Waals surface area contributed by atoms with Crippen molar-refractivity contribution in [2.24, 2.45) is 0 Å². The van der Waals surface area contributed by atoms with Crippen LogP contribution in [0.15, 0.2) is 42.5 Å². The fraction of sp³-hybridized carbons (Fsp3) is 0.273. The predicted octanol–water partition coefficient (Wildman–Crippen LogP) is 3.08. The number of anilines is 1. The van der Waals surface area contributed by atoms with Crippen LogP contribution < -0.4 is 16.0 Å². The Morgan fingerprint density at radius 3 is 2.47 bits per heavy atom. The van der Waals surface area contributed by atoms with Gasteiger partial charge in [0.25, 0.3) is 5.91 Å². The van der Waals surface area contributed by atoms with Crippen molar-refractivity contribution in [1.29, 1.82) is 0 Å². The Balaban J connectivity index is 1.60. The number of imide groups is 1. The minimum absolute atomic E-state index is 0.235. The average molecular weight is 477 g/mol. The number of nitrogens with zero attached hydrogens (tertiary/aromatic N) is 1. The minimum atomic E-state index is -1.40. The highest BCUT2D eigenvalue weighted by atomic mass is 35.5. The molecular formula is C22H22Cl2N4O4. The van der Waals surface area contributed by atoms with Crippen molar-refractivity contribution in [2.45, 2.75) is 25.8 Å². The summed E-state index contributed by atoms with van der Waals surface area (Å²) in [4.78, 5) is 50.6. The van der Waals surface area contributed by atoms with E-state index in [0.717, 1.165) is 16.9 Å². The summed E-state index contributed by atoms with van der Waals surface area (Å²) in [6.07, 6.45) is 0.743. The number of halogens is 2. The van der Waals surface area contributed by atoms with E-state index >= 15 is 0 Å². The molecule has 0 bridgehead atoms. The van der Waals surface area contributed by atoms with Gasteiger partial charge in [0, 0.05) is 5.69 Å². The van der Waals surface area contributed by atoms with Crippen molar-refractivity contribution in [1.82, 2.24) is 15.5 Å². The fourth-order valence-electron chi connectivity index (χ4n) is 3.37. The molecule has 1 saturated heterocycles. The number of rotatable bonds is 7. The van der Waals surface area contributed by atoms with Crippen LogP contribution >= 0.6 is 23.2 Å². The number of carbonyl (C=O) groups excluding carboxylic acids is 4. The van der Waals surface area contributed by atoms with Gasteiger partial charge in [0.1, 0.15) is 12.1 Å². The molecule has 3 N–H and O–H groups in total. The van der Waals surface area contributed by atoms with Crippen LogP contribution in [0.1, 0.15) is 25.0 Å². The van der Waals surface area contributed by atoms with Crippen molar-refractivity contribution in [3.05, 3.63) is 63.6 Å². The number of carbonyl (C=O) groups is 4. The molecule has 0 saturated carbocycles. The Hall–Kier alpha value is -3.10. The average Bonchev–Trinajstić information content (AvgIpc) is 2.98. The van der Waals surface area contributed by atoms with Crippen LogP contribution in [0.25, 0.3) is 0 Å². The SMILES string of the molecule is CCc1ccccc1NC(=O)CNC(=O)CN1C(=O)NC(C)(c2ccc(Cl)c(Cl)c2)C1=O. The van der Waals surface area contributed by atoms with E-state index in [1.165, 1.54) is 19.1 Å². The molecular weight excluding hydrogens is 455 g/mol. The van der Waals surface area contributed by atoms with E-state index in [1.807, 2.05) is 19.1 Å². The quantitative estimate of drug-likeness (QED) is 0.533. The standard InChI is InChI=1S/C22H22Cl2N4O4/c1-3-13-6-4-5-7-17(13)26-18(29)11-25-19(30)12-28-20(31)22(2,27-21(28)32)14-8-9-15(23)16(24)10-14/h4-10H,3,11-12H2,1-2H3,(H,25,30)(H,26,29)(H,27,32). The Labute approximate surface area is 195 Å². The lowest BCUT2D eigenvalue weighted by atomic mass is 9.92. The summed E-state index contributed by atoms with van der Waals surface area (Å²) in [5.74, 6) is -1.68. The highest BCUT2D eigenvalue weighted by molar-refractivity contribution is 6.42. The molecule has 1 unspecified atom stereocenters. The predicted molar refractivity (Wildman–Crippen MR) is 122 cm³/mol. The van der Waals surface area contributed by atoms with Crippen molar-refractivity contribution < 1.29 is 19.2 Å². The number of hydrogen-bond acceptors (Lipinski definition) is 4. The highest BCUT2D eigenvalue weighted by Crippen LogP contribution is 2.32. The first kappa shape index (κ1) is 23.6. The Morgan fingerprint density at radius 2 is 1.78 bits per heavy atom. The molecule has 168 valence electrons. The Bertz CT molecular complexity index is 1090. The van der Waals surface area contributed by atoms with E-state index in [9.17, 15) is 19.2 Å². The molecule has 32 heavy (non-hydrogen) atoms. The first-order valence-electron chi connectivity index (χ1n) is 9.89. The molecule has 1 atom stereocenters. The van der Waals surface area contributed by atoms with Crippen LogP contribution in [0.2, 0.25) is 10.0 Å². The van der Waals surface area contributed by atoms with E-state index in [1.54, 1.807) is 18.2 Å². The van der Waals surface area contributed by atoms with Gasteiger partial charge >= 0.3 is 6.03 Å². The number of hydrogen-bond donors (Lipinski definition) is 3. The van der Waals surface area contributed by atoms with Gasteiger partial charge in [-0.2, -0.15) is 0 Å². The van der Waals surface area contributed by atoms with E-state index < -0.39 is 35.8 Å². The van der Waals surface area contributed by atoms with E-state index in [4.69, 9.17) is 23.2 Å². The first-order valence-corrected chi connectivity index (χ1v) is 10.7. The Morgan fingerprint density at radius 1 is 1.06 bits per heavy atom. The van der Waals surface area contributed by atoms with Gasteiger partial charge in [-0.3, -0.25) is 19.3 Å². The molecule has 2 aromatic rings. The molecule has 0 spiro atoms. The molecule has 8 nitrogen and oxygen atoms in total. The van der Waals surface area contributed by atoms with Gasteiger partial charge in [0.05, 0.1) is 16.6 Å². The topological polar surface area (TPSA) is 108 Å². The highest BCUT2D eigenvalue weighted by Gasteiger charge is 2.49. The summed E-state index contributed by atoms with van der Waals surface area (Å²) in [7, 11) is 0. The molecule has 0 aromatic heterocycles. The van der Waals surface area contributed by atoms with Gasteiger partial charge in [-0.05, 0) is 42.7 Å². The summed E-state index contributed by atoms with van der Waals surface area (Å²) in [5.41, 5.74) is 0.670. The number of urea groups is 1. The van der Waals surface area contributed by atoms with Gasteiger partial charge in [-0.25, -0.2) is 4.79 Å². The van der Waals surface area contributed by atoms with Crippen LogP contribution in [0.4, 0.5) is 10.5 Å².